The smallest absolute Gasteiger partial charge is 0.227 e. The zero-order valence-electron chi connectivity index (χ0n) is 12.6. The first-order valence-electron chi connectivity index (χ1n) is 8.20. The van der Waals surface area contributed by atoms with Gasteiger partial charge in [0.25, 0.3) is 0 Å². The quantitative estimate of drug-likeness (QED) is 0.866. The summed E-state index contributed by atoms with van der Waals surface area (Å²) < 4.78 is 0. The van der Waals surface area contributed by atoms with Crippen LogP contribution in [0, 0.1) is 5.92 Å². The number of rotatable bonds is 4. The summed E-state index contributed by atoms with van der Waals surface area (Å²) in [6, 6.07) is 4.46. The lowest BCUT2D eigenvalue weighted by Gasteiger charge is -2.29. The molecule has 0 aliphatic heterocycles. The molecule has 2 aliphatic rings. The maximum absolute atomic E-state index is 13.0. The molecule has 2 saturated carbocycles. The minimum Gasteiger partial charge on any atom is -0.335 e. The standard InChI is InChI=1S/C17H25N3O/c18-16-5-3-1-2-4-15(16)17(21)20(14-6-7-14)12-13-8-10-19-11-9-13/h8-11,14-16H,1-7,12,18H2. The van der Waals surface area contributed by atoms with Gasteiger partial charge in [0, 0.05) is 31.0 Å². The molecule has 1 aromatic rings. The van der Waals surface area contributed by atoms with E-state index in [4.69, 9.17) is 5.73 Å². The summed E-state index contributed by atoms with van der Waals surface area (Å²) in [4.78, 5) is 19.1. The van der Waals surface area contributed by atoms with Crippen molar-refractivity contribution in [3.05, 3.63) is 30.1 Å². The van der Waals surface area contributed by atoms with Gasteiger partial charge in [0.1, 0.15) is 0 Å². The van der Waals surface area contributed by atoms with Gasteiger partial charge in [0.2, 0.25) is 5.91 Å². The molecule has 2 unspecified atom stereocenters. The van der Waals surface area contributed by atoms with E-state index in [0.29, 0.717) is 12.6 Å². The molecule has 2 fully saturated rings. The summed E-state index contributed by atoms with van der Waals surface area (Å²) in [5, 5.41) is 0. The van der Waals surface area contributed by atoms with E-state index < -0.39 is 0 Å². The number of nitrogens with two attached hydrogens (primary N) is 1. The molecule has 21 heavy (non-hydrogen) atoms. The fourth-order valence-corrected chi connectivity index (χ4v) is 3.31. The van der Waals surface area contributed by atoms with Crippen molar-refractivity contribution in [2.75, 3.05) is 0 Å². The molecule has 2 atom stereocenters. The second kappa shape index (κ2) is 6.56. The molecule has 0 aromatic carbocycles. The zero-order valence-corrected chi connectivity index (χ0v) is 12.6. The van der Waals surface area contributed by atoms with Crippen LogP contribution in [0.1, 0.15) is 50.5 Å². The van der Waals surface area contributed by atoms with Crippen molar-refractivity contribution in [3.63, 3.8) is 0 Å². The largest absolute Gasteiger partial charge is 0.335 e. The van der Waals surface area contributed by atoms with E-state index in [0.717, 1.165) is 37.7 Å². The monoisotopic (exact) mass is 287 g/mol. The lowest BCUT2D eigenvalue weighted by Crippen LogP contribution is -2.44. The topological polar surface area (TPSA) is 59.2 Å². The Morgan fingerprint density at radius 1 is 1.14 bits per heavy atom. The SMILES string of the molecule is NC1CCCCCC1C(=O)N(Cc1ccncc1)C1CC1. The van der Waals surface area contributed by atoms with Crippen LogP contribution >= 0.6 is 0 Å². The summed E-state index contributed by atoms with van der Waals surface area (Å²) in [6.07, 6.45) is 11.3. The van der Waals surface area contributed by atoms with Crippen molar-refractivity contribution < 1.29 is 4.79 Å². The average molecular weight is 287 g/mol. The van der Waals surface area contributed by atoms with Crippen LogP contribution in [0.25, 0.3) is 0 Å². The highest BCUT2D eigenvalue weighted by molar-refractivity contribution is 5.80. The maximum Gasteiger partial charge on any atom is 0.227 e. The molecule has 0 spiro atoms. The van der Waals surface area contributed by atoms with Gasteiger partial charge in [-0.05, 0) is 43.4 Å². The van der Waals surface area contributed by atoms with Crippen LogP contribution in [0.2, 0.25) is 0 Å². The van der Waals surface area contributed by atoms with Gasteiger partial charge in [-0.2, -0.15) is 0 Å². The summed E-state index contributed by atoms with van der Waals surface area (Å²) >= 11 is 0. The van der Waals surface area contributed by atoms with Gasteiger partial charge in [-0.15, -0.1) is 0 Å². The number of carbonyl (C=O) groups is 1. The number of hydrogen-bond donors (Lipinski definition) is 1. The van der Waals surface area contributed by atoms with Gasteiger partial charge in [-0.25, -0.2) is 0 Å². The van der Waals surface area contributed by atoms with Gasteiger partial charge in [-0.3, -0.25) is 9.78 Å². The molecule has 1 aromatic heterocycles. The normalized spacial score (nSPS) is 26.1. The van der Waals surface area contributed by atoms with Crippen LogP contribution in [-0.2, 0) is 11.3 Å². The van der Waals surface area contributed by atoms with Crippen LogP contribution in [0.4, 0.5) is 0 Å². The van der Waals surface area contributed by atoms with E-state index in [1.165, 1.54) is 12.8 Å². The van der Waals surface area contributed by atoms with E-state index in [1.807, 2.05) is 12.1 Å². The third-order valence-electron chi connectivity index (χ3n) is 4.76. The predicted octanol–water partition coefficient (Wildman–Crippen LogP) is 2.48. The van der Waals surface area contributed by atoms with Crippen molar-refractivity contribution in [1.29, 1.82) is 0 Å². The Balaban J connectivity index is 1.72. The Labute approximate surface area is 126 Å². The lowest BCUT2D eigenvalue weighted by atomic mass is 9.93. The lowest BCUT2D eigenvalue weighted by molar-refractivity contribution is -0.137. The molecule has 1 amide bonds. The molecule has 3 rings (SSSR count). The van der Waals surface area contributed by atoms with Crippen molar-refractivity contribution >= 4 is 5.91 Å². The zero-order chi connectivity index (χ0) is 14.7. The number of aromatic nitrogens is 1. The van der Waals surface area contributed by atoms with Crippen LogP contribution in [0.5, 0.6) is 0 Å². The molecule has 2 N–H and O–H groups in total. The molecule has 4 nitrogen and oxygen atoms in total. The Bertz CT molecular complexity index is 472. The van der Waals surface area contributed by atoms with E-state index in [9.17, 15) is 4.79 Å². The molecule has 1 heterocycles. The first-order chi connectivity index (χ1) is 10.3. The fourth-order valence-electron chi connectivity index (χ4n) is 3.31. The van der Waals surface area contributed by atoms with Gasteiger partial charge in [-0.1, -0.05) is 19.3 Å². The Hall–Kier alpha value is -1.42. The minimum atomic E-state index is 0.0231. The fraction of sp³-hybridized carbons (Fsp3) is 0.647. The Morgan fingerprint density at radius 3 is 2.57 bits per heavy atom. The summed E-state index contributed by atoms with van der Waals surface area (Å²) in [5.41, 5.74) is 7.43. The van der Waals surface area contributed by atoms with Crippen LogP contribution in [0.15, 0.2) is 24.5 Å². The molecule has 0 radical (unpaired) electrons. The summed E-state index contributed by atoms with van der Waals surface area (Å²) in [6.45, 7) is 0.704. The molecule has 114 valence electrons. The second-order valence-electron chi connectivity index (χ2n) is 6.46. The van der Waals surface area contributed by atoms with Crippen molar-refractivity contribution in [2.24, 2.45) is 11.7 Å². The highest BCUT2D eigenvalue weighted by atomic mass is 16.2. The Kier molecular flexibility index (Phi) is 4.54. The highest BCUT2D eigenvalue weighted by Gasteiger charge is 2.37. The molecule has 0 saturated heterocycles. The van der Waals surface area contributed by atoms with Crippen LogP contribution < -0.4 is 5.73 Å². The van der Waals surface area contributed by atoms with Crippen molar-refractivity contribution in [3.8, 4) is 0 Å². The van der Waals surface area contributed by atoms with E-state index in [-0.39, 0.29) is 17.9 Å². The van der Waals surface area contributed by atoms with Crippen molar-refractivity contribution in [1.82, 2.24) is 9.88 Å². The van der Waals surface area contributed by atoms with Crippen molar-refractivity contribution in [2.45, 2.75) is 63.6 Å². The van der Waals surface area contributed by atoms with Gasteiger partial charge in [0.15, 0.2) is 0 Å². The highest BCUT2D eigenvalue weighted by Crippen LogP contribution is 2.32. The average Bonchev–Trinajstić information content (AvgIpc) is 3.33. The second-order valence-corrected chi connectivity index (χ2v) is 6.46. The van der Waals surface area contributed by atoms with Crippen LogP contribution in [-0.4, -0.2) is 27.9 Å². The van der Waals surface area contributed by atoms with Gasteiger partial charge < -0.3 is 10.6 Å². The molecule has 0 bridgehead atoms. The maximum atomic E-state index is 13.0. The predicted molar refractivity (Wildman–Crippen MR) is 82.4 cm³/mol. The molecular weight excluding hydrogens is 262 g/mol. The van der Waals surface area contributed by atoms with Crippen LogP contribution in [0.3, 0.4) is 0 Å². The van der Waals surface area contributed by atoms with Gasteiger partial charge in [0.05, 0.1) is 5.92 Å². The Morgan fingerprint density at radius 2 is 1.86 bits per heavy atom. The minimum absolute atomic E-state index is 0.0231. The molecule has 4 heteroatoms. The summed E-state index contributed by atoms with van der Waals surface area (Å²) in [5.74, 6) is 0.304. The van der Waals surface area contributed by atoms with E-state index in [2.05, 4.69) is 9.88 Å². The molecule has 2 aliphatic carbocycles. The van der Waals surface area contributed by atoms with E-state index in [1.54, 1.807) is 12.4 Å². The first-order valence-corrected chi connectivity index (χ1v) is 8.20. The number of nitrogens with zero attached hydrogens (tertiary/aromatic N) is 2. The number of hydrogen-bond acceptors (Lipinski definition) is 3. The third-order valence-corrected chi connectivity index (χ3v) is 4.76. The number of amides is 1. The number of carbonyl (C=O) groups excluding carboxylic acids is 1. The van der Waals surface area contributed by atoms with Gasteiger partial charge >= 0.3 is 0 Å². The van der Waals surface area contributed by atoms with E-state index >= 15 is 0 Å². The summed E-state index contributed by atoms with van der Waals surface area (Å²) in [7, 11) is 0. The third kappa shape index (κ3) is 3.62. The first kappa shape index (κ1) is 14.5. The number of pyridine rings is 1. The molecular formula is C17H25N3O.